The predicted molar refractivity (Wildman–Crippen MR) is 108 cm³/mol. The van der Waals surface area contributed by atoms with E-state index in [9.17, 15) is 0 Å². The number of ether oxygens (including phenoxy) is 2. The van der Waals surface area contributed by atoms with Crippen molar-refractivity contribution in [1.82, 2.24) is 0 Å². The second-order valence-corrected chi connectivity index (χ2v) is 7.34. The van der Waals surface area contributed by atoms with Gasteiger partial charge in [-0.25, -0.2) is 0 Å². The Hall–Kier alpha value is -1.64. The molecule has 1 heterocycles. The van der Waals surface area contributed by atoms with Crippen LogP contribution in [0.25, 0.3) is 11.1 Å². The summed E-state index contributed by atoms with van der Waals surface area (Å²) in [5, 5.41) is 0. The molecule has 1 aliphatic rings. The van der Waals surface area contributed by atoms with Crippen LogP contribution in [0.1, 0.15) is 63.2 Å². The number of aryl methyl sites for hydroxylation is 1. The van der Waals surface area contributed by atoms with Gasteiger partial charge in [-0.05, 0) is 35.1 Å². The van der Waals surface area contributed by atoms with Gasteiger partial charge in [-0.2, -0.15) is 0 Å². The lowest BCUT2D eigenvalue weighted by Crippen LogP contribution is -2.31. The maximum Gasteiger partial charge on any atom is 0.106 e. The van der Waals surface area contributed by atoms with Crippen LogP contribution >= 0.6 is 0 Å². The fourth-order valence-electron chi connectivity index (χ4n) is 3.57. The minimum absolute atomic E-state index is 0.0680. The second-order valence-electron chi connectivity index (χ2n) is 7.34. The van der Waals surface area contributed by atoms with Gasteiger partial charge in [0.1, 0.15) is 6.10 Å². The van der Waals surface area contributed by atoms with Gasteiger partial charge < -0.3 is 9.47 Å². The summed E-state index contributed by atoms with van der Waals surface area (Å²) in [5.41, 5.74) is 5.15. The van der Waals surface area contributed by atoms with E-state index in [4.69, 9.17) is 9.47 Å². The Labute approximate surface area is 158 Å². The molecule has 0 radical (unpaired) electrons. The number of hydrogen-bond acceptors (Lipinski definition) is 2. The number of benzene rings is 2. The summed E-state index contributed by atoms with van der Waals surface area (Å²) in [4.78, 5) is 0. The van der Waals surface area contributed by atoms with Crippen molar-refractivity contribution in [2.75, 3.05) is 13.2 Å². The zero-order valence-corrected chi connectivity index (χ0v) is 16.2. The van der Waals surface area contributed by atoms with Crippen molar-refractivity contribution < 1.29 is 9.47 Å². The van der Waals surface area contributed by atoms with Gasteiger partial charge in [0, 0.05) is 0 Å². The van der Waals surface area contributed by atoms with Crippen LogP contribution in [0.2, 0.25) is 0 Å². The van der Waals surface area contributed by atoms with Gasteiger partial charge in [0.2, 0.25) is 0 Å². The minimum atomic E-state index is 0.0680. The van der Waals surface area contributed by atoms with E-state index in [-0.39, 0.29) is 12.2 Å². The normalized spacial score (nSPS) is 20.2. The van der Waals surface area contributed by atoms with Crippen LogP contribution in [0.3, 0.4) is 0 Å². The molecule has 2 atom stereocenters. The van der Waals surface area contributed by atoms with Crippen molar-refractivity contribution in [2.45, 2.75) is 64.6 Å². The molecule has 2 heteroatoms. The van der Waals surface area contributed by atoms with E-state index in [0.29, 0.717) is 6.61 Å². The molecule has 0 saturated carbocycles. The monoisotopic (exact) mass is 352 g/mol. The maximum absolute atomic E-state index is 6.07. The molecule has 1 fully saturated rings. The Morgan fingerprint density at radius 1 is 0.769 bits per heavy atom. The van der Waals surface area contributed by atoms with Crippen LogP contribution in [0.15, 0.2) is 48.5 Å². The molecule has 0 bridgehead atoms. The van der Waals surface area contributed by atoms with E-state index < -0.39 is 0 Å². The molecule has 26 heavy (non-hydrogen) atoms. The molecule has 2 aromatic carbocycles. The molecular weight excluding hydrogens is 320 g/mol. The zero-order chi connectivity index (χ0) is 18.2. The first-order valence-electron chi connectivity index (χ1n) is 10.2. The van der Waals surface area contributed by atoms with Crippen molar-refractivity contribution in [3.05, 3.63) is 59.7 Å². The molecule has 2 aromatic rings. The van der Waals surface area contributed by atoms with Crippen LogP contribution in [0, 0.1) is 0 Å². The van der Waals surface area contributed by atoms with Gasteiger partial charge in [0.15, 0.2) is 0 Å². The van der Waals surface area contributed by atoms with Gasteiger partial charge >= 0.3 is 0 Å². The molecule has 3 rings (SSSR count). The summed E-state index contributed by atoms with van der Waals surface area (Å²) in [5.74, 6) is 0. The molecule has 1 saturated heterocycles. The standard InChI is InChI=1S/C24H32O2/c1-3-5-6-8-23-17-26-24(18-25-23)22-15-13-21(14-16-22)20-11-9-19(7-4-2)10-12-20/h9-16,23-24H,3-8,17-18H2,1-2H3/t23-,24-/m1/s1. The highest BCUT2D eigenvalue weighted by Gasteiger charge is 2.23. The minimum Gasteiger partial charge on any atom is -0.373 e. The largest absolute Gasteiger partial charge is 0.373 e. The average Bonchev–Trinajstić information content (AvgIpc) is 2.70. The molecule has 0 unspecified atom stereocenters. The molecule has 140 valence electrons. The smallest absolute Gasteiger partial charge is 0.106 e. The van der Waals surface area contributed by atoms with Crippen molar-refractivity contribution in [3.63, 3.8) is 0 Å². The summed E-state index contributed by atoms with van der Waals surface area (Å²) < 4.78 is 12.1. The molecule has 0 aliphatic carbocycles. The van der Waals surface area contributed by atoms with Gasteiger partial charge in [-0.1, -0.05) is 88.1 Å². The third-order valence-electron chi connectivity index (χ3n) is 5.20. The Morgan fingerprint density at radius 3 is 2.04 bits per heavy atom. The molecule has 0 N–H and O–H groups in total. The van der Waals surface area contributed by atoms with Gasteiger partial charge in [-0.15, -0.1) is 0 Å². The summed E-state index contributed by atoms with van der Waals surface area (Å²) in [6.45, 7) is 5.84. The summed E-state index contributed by atoms with van der Waals surface area (Å²) in [7, 11) is 0. The SMILES string of the molecule is CCCCC[C@@H]1CO[C@@H](c2ccc(-c3ccc(CCC)cc3)cc2)CO1. The van der Waals surface area contributed by atoms with E-state index in [1.54, 1.807) is 0 Å². The molecule has 0 aromatic heterocycles. The average molecular weight is 353 g/mol. The molecule has 0 spiro atoms. The topological polar surface area (TPSA) is 18.5 Å². The fourth-order valence-corrected chi connectivity index (χ4v) is 3.57. The van der Waals surface area contributed by atoms with Crippen molar-refractivity contribution in [3.8, 4) is 11.1 Å². The van der Waals surface area contributed by atoms with E-state index in [1.165, 1.54) is 47.9 Å². The first-order chi connectivity index (χ1) is 12.8. The Bertz CT molecular complexity index is 637. The van der Waals surface area contributed by atoms with Crippen LogP contribution in [-0.2, 0) is 15.9 Å². The van der Waals surface area contributed by atoms with Crippen LogP contribution < -0.4 is 0 Å². The molecule has 2 nitrogen and oxygen atoms in total. The highest BCUT2D eigenvalue weighted by molar-refractivity contribution is 5.64. The lowest BCUT2D eigenvalue weighted by atomic mass is 9.99. The zero-order valence-electron chi connectivity index (χ0n) is 16.2. The first kappa shape index (κ1) is 19.1. The maximum atomic E-state index is 6.07. The van der Waals surface area contributed by atoms with Crippen molar-refractivity contribution >= 4 is 0 Å². The summed E-state index contributed by atoms with van der Waals surface area (Å²) in [6.07, 6.45) is 7.58. The van der Waals surface area contributed by atoms with E-state index in [1.807, 2.05) is 0 Å². The lowest BCUT2D eigenvalue weighted by molar-refractivity contribution is -0.137. The second kappa shape index (κ2) is 9.89. The van der Waals surface area contributed by atoms with Crippen molar-refractivity contribution in [1.29, 1.82) is 0 Å². The molecule has 1 aliphatic heterocycles. The number of rotatable bonds is 8. The summed E-state index contributed by atoms with van der Waals surface area (Å²) >= 11 is 0. The van der Waals surface area contributed by atoms with Crippen LogP contribution in [0.4, 0.5) is 0 Å². The van der Waals surface area contributed by atoms with E-state index >= 15 is 0 Å². The number of hydrogen-bond donors (Lipinski definition) is 0. The Kier molecular flexibility index (Phi) is 7.28. The highest BCUT2D eigenvalue weighted by Crippen LogP contribution is 2.27. The lowest BCUT2D eigenvalue weighted by Gasteiger charge is -2.30. The Morgan fingerprint density at radius 2 is 1.46 bits per heavy atom. The molecular formula is C24H32O2. The number of unbranched alkanes of at least 4 members (excludes halogenated alkanes) is 2. The van der Waals surface area contributed by atoms with Crippen LogP contribution in [-0.4, -0.2) is 19.3 Å². The molecule has 0 amide bonds. The Balaban J connectivity index is 1.55. The highest BCUT2D eigenvalue weighted by atomic mass is 16.6. The van der Waals surface area contributed by atoms with Crippen molar-refractivity contribution in [2.24, 2.45) is 0 Å². The van der Waals surface area contributed by atoms with Gasteiger partial charge in [0.05, 0.1) is 19.3 Å². The quantitative estimate of drug-likeness (QED) is 0.516. The van der Waals surface area contributed by atoms with Gasteiger partial charge in [-0.3, -0.25) is 0 Å². The predicted octanol–water partition coefficient (Wildman–Crippen LogP) is 6.34. The first-order valence-corrected chi connectivity index (χ1v) is 10.2. The van der Waals surface area contributed by atoms with E-state index in [2.05, 4.69) is 62.4 Å². The fraction of sp³-hybridized carbons (Fsp3) is 0.500. The van der Waals surface area contributed by atoms with Gasteiger partial charge in [0.25, 0.3) is 0 Å². The summed E-state index contributed by atoms with van der Waals surface area (Å²) in [6, 6.07) is 17.7. The van der Waals surface area contributed by atoms with E-state index in [0.717, 1.165) is 19.4 Å². The van der Waals surface area contributed by atoms with Crippen LogP contribution in [0.5, 0.6) is 0 Å². The third-order valence-corrected chi connectivity index (χ3v) is 5.20. The third kappa shape index (κ3) is 5.18.